The lowest BCUT2D eigenvalue weighted by molar-refractivity contribution is -0.113. The van der Waals surface area contributed by atoms with Crippen molar-refractivity contribution in [1.82, 2.24) is 14.8 Å². The maximum atomic E-state index is 12.4. The van der Waals surface area contributed by atoms with Gasteiger partial charge in [0.2, 0.25) is 5.91 Å². The monoisotopic (exact) mass is 612 g/mol. The van der Waals surface area contributed by atoms with Gasteiger partial charge >= 0.3 is 0 Å². The zero-order valence-electron chi connectivity index (χ0n) is 18.0. The molecule has 2 aromatic carbocycles. The minimum absolute atomic E-state index is 0.110. The molecule has 1 amide bonds. The molecule has 3 aromatic rings. The minimum atomic E-state index is -0.110. The van der Waals surface area contributed by atoms with Crippen molar-refractivity contribution in [2.24, 2.45) is 0 Å². The van der Waals surface area contributed by atoms with Crippen molar-refractivity contribution in [2.75, 3.05) is 17.7 Å². The Balaban J connectivity index is 1.53. The molecule has 6 nitrogen and oxygen atoms in total. The number of carbonyl (C=O) groups is 1. The van der Waals surface area contributed by atoms with E-state index in [1.54, 1.807) is 18.2 Å². The highest BCUT2D eigenvalue weighted by atomic mass is 79.9. The van der Waals surface area contributed by atoms with Crippen LogP contribution >= 0.6 is 55.2 Å². The number of benzene rings is 2. The molecule has 0 spiro atoms. The van der Waals surface area contributed by atoms with E-state index in [9.17, 15) is 4.79 Å². The summed E-state index contributed by atoms with van der Waals surface area (Å²) in [5.74, 6) is 1.69. The van der Waals surface area contributed by atoms with Gasteiger partial charge in [-0.15, -0.1) is 16.8 Å². The highest BCUT2D eigenvalue weighted by Crippen LogP contribution is 2.28. The number of anilines is 1. The van der Waals surface area contributed by atoms with Crippen LogP contribution in [0.3, 0.4) is 0 Å². The summed E-state index contributed by atoms with van der Waals surface area (Å²) in [7, 11) is 0. The summed E-state index contributed by atoms with van der Waals surface area (Å²) in [6.07, 6.45) is 3.24. The van der Waals surface area contributed by atoms with E-state index in [0.29, 0.717) is 29.8 Å². The fraction of sp³-hybridized carbons (Fsp3) is 0.261. The third-order valence-corrected chi connectivity index (χ3v) is 7.01. The quantitative estimate of drug-likeness (QED) is 0.148. The van der Waals surface area contributed by atoms with Crippen LogP contribution in [0.5, 0.6) is 5.75 Å². The van der Waals surface area contributed by atoms with Crippen molar-refractivity contribution in [2.45, 2.75) is 31.5 Å². The van der Waals surface area contributed by atoms with Gasteiger partial charge in [0.05, 0.1) is 22.5 Å². The Morgan fingerprint density at radius 3 is 2.79 bits per heavy atom. The van der Waals surface area contributed by atoms with E-state index in [1.807, 2.05) is 35.8 Å². The first-order chi connectivity index (χ1) is 15.9. The predicted octanol–water partition coefficient (Wildman–Crippen LogP) is 6.69. The summed E-state index contributed by atoms with van der Waals surface area (Å²) in [6, 6.07) is 11.2. The molecule has 1 heterocycles. The molecule has 0 saturated carbocycles. The molecule has 33 heavy (non-hydrogen) atoms. The van der Waals surface area contributed by atoms with Crippen LogP contribution in [0.2, 0.25) is 5.02 Å². The maximum absolute atomic E-state index is 12.4. The van der Waals surface area contributed by atoms with Gasteiger partial charge in [0.15, 0.2) is 5.16 Å². The first-order valence-corrected chi connectivity index (χ1v) is 13.1. The smallest absolute Gasteiger partial charge is 0.234 e. The van der Waals surface area contributed by atoms with E-state index in [-0.39, 0.29) is 11.7 Å². The SMILES string of the molecule is C=CCn1c(CCCOc2ccc(Cl)cc2Br)nnc1SCC(=O)Nc1ccc(C)cc1Br. The van der Waals surface area contributed by atoms with Gasteiger partial charge in [0, 0.05) is 22.5 Å². The van der Waals surface area contributed by atoms with Crippen LogP contribution in [-0.4, -0.2) is 33.0 Å². The number of ether oxygens (including phenoxy) is 1. The summed E-state index contributed by atoms with van der Waals surface area (Å²) in [5, 5.41) is 12.8. The van der Waals surface area contributed by atoms with Gasteiger partial charge in [-0.2, -0.15) is 0 Å². The number of aryl methyl sites for hydroxylation is 2. The van der Waals surface area contributed by atoms with Crippen molar-refractivity contribution >= 4 is 66.8 Å². The number of carbonyl (C=O) groups excluding carboxylic acids is 1. The van der Waals surface area contributed by atoms with Crippen LogP contribution in [0.15, 0.2) is 63.2 Å². The molecule has 10 heteroatoms. The van der Waals surface area contributed by atoms with E-state index < -0.39 is 0 Å². The summed E-state index contributed by atoms with van der Waals surface area (Å²) >= 11 is 14.2. The van der Waals surface area contributed by atoms with Gasteiger partial charge in [-0.25, -0.2) is 0 Å². The van der Waals surface area contributed by atoms with Crippen LogP contribution in [0.25, 0.3) is 0 Å². The van der Waals surface area contributed by atoms with Gasteiger partial charge in [0.25, 0.3) is 0 Å². The average Bonchev–Trinajstić information content (AvgIpc) is 3.15. The zero-order chi connectivity index (χ0) is 23.8. The molecule has 3 rings (SSSR count). The Bertz CT molecular complexity index is 1140. The number of amides is 1. The van der Waals surface area contributed by atoms with Crippen LogP contribution in [0.4, 0.5) is 5.69 Å². The number of thioether (sulfide) groups is 1. The third kappa shape index (κ3) is 7.60. The number of halogens is 3. The van der Waals surface area contributed by atoms with Gasteiger partial charge in [0.1, 0.15) is 11.6 Å². The lowest BCUT2D eigenvalue weighted by Gasteiger charge is -2.10. The Morgan fingerprint density at radius 1 is 1.24 bits per heavy atom. The number of rotatable bonds is 11. The highest BCUT2D eigenvalue weighted by molar-refractivity contribution is 9.11. The first kappa shape index (κ1) is 25.8. The number of nitrogens with zero attached hydrogens (tertiary/aromatic N) is 3. The standard InChI is InChI=1S/C23H23Br2ClN4O2S/c1-3-10-30-21(5-4-11-32-20-9-7-16(26)13-18(20)25)28-29-23(30)33-14-22(31)27-19-8-6-15(2)12-17(19)24/h3,6-9,12-13H,1,4-5,10-11,14H2,2H3,(H,27,31). The Labute approximate surface area is 219 Å². The van der Waals surface area contributed by atoms with Crippen molar-refractivity contribution in [3.8, 4) is 5.75 Å². The molecule has 0 aliphatic heterocycles. The van der Waals surface area contributed by atoms with Crippen molar-refractivity contribution in [3.05, 3.63) is 74.4 Å². The van der Waals surface area contributed by atoms with Gasteiger partial charge in [-0.3, -0.25) is 4.79 Å². The highest BCUT2D eigenvalue weighted by Gasteiger charge is 2.14. The summed E-state index contributed by atoms with van der Waals surface area (Å²) in [5.41, 5.74) is 1.86. The fourth-order valence-corrected chi connectivity index (χ4v) is 5.12. The number of hydrogen-bond donors (Lipinski definition) is 1. The Morgan fingerprint density at radius 2 is 2.06 bits per heavy atom. The molecule has 0 bridgehead atoms. The maximum Gasteiger partial charge on any atom is 0.234 e. The number of aromatic nitrogens is 3. The average molecular weight is 615 g/mol. The molecule has 174 valence electrons. The lowest BCUT2D eigenvalue weighted by Crippen LogP contribution is -2.15. The van der Waals surface area contributed by atoms with Gasteiger partial charge in [-0.1, -0.05) is 35.5 Å². The van der Waals surface area contributed by atoms with Crippen LogP contribution in [0, 0.1) is 6.92 Å². The van der Waals surface area contributed by atoms with E-state index in [4.69, 9.17) is 16.3 Å². The van der Waals surface area contributed by atoms with Crippen LogP contribution < -0.4 is 10.1 Å². The largest absolute Gasteiger partial charge is 0.492 e. The van der Waals surface area contributed by atoms with Crippen LogP contribution in [-0.2, 0) is 17.8 Å². The van der Waals surface area contributed by atoms with E-state index >= 15 is 0 Å². The van der Waals surface area contributed by atoms with E-state index in [1.165, 1.54) is 11.8 Å². The lowest BCUT2D eigenvalue weighted by atomic mass is 10.2. The molecule has 0 atom stereocenters. The zero-order valence-corrected chi connectivity index (χ0v) is 22.7. The van der Waals surface area contributed by atoms with E-state index in [2.05, 4.69) is 54.0 Å². The second kappa shape index (κ2) is 12.6. The second-order valence-corrected chi connectivity index (χ2v) is 10.2. The Hall–Kier alpha value is -1.81. The summed E-state index contributed by atoms with van der Waals surface area (Å²) < 4.78 is 9.48. The number of hydrogen-bond acceptors (Lipinski definition) is 5. The van der Waals surface area contributed by atoms with E-state index in [0.717, 1.165) is 38.2 Å². The number of allylic oxidation sites excluding steroid dienone is 1. The van der Waals surface area contributed by atoms with Crippen molar-refractivity contribution in [1.29, 1.82) is 0 Å². The topological polar surface area (TPSA) is 69.0 Å². The van der Waals surface area contributed by atoms with Crippen molar-refractivity contribution in [3.63, 3.8) is 0 Å². The molecule has 1 aromatic heterocycles. The Kier molecular flexibility index (Phi) is 9.85. The number of nitrogens with one attached hydrogen (secondary N) is 1. The van der Waals surface area contributed by atoms with Crippen LogP contribution in [0.1, 0.15) is 17.8 Å². The van der Waals surface area contributed by atoms with Crippen molar-refractivity contribution < 1.29 is 9.53 Å². The predicted molar refractivity (Wildman–Crippen MR) is 141 cm³/mol. The molecule has 1 N–H and O–H groups in total. The second-order valence-electron chi connectivity index (χ2n) is 7.14. The molecule has 0 fully saturated rings. The normalized spacial score (nSPS) is 10.8. The molecule has 0 unspecified atom stereocenters. The summed E-state index contributed by atoms with van der Waals surface area (Å²) in [6.45, 7) is 6.92. The molecule has 0 saturated heterocycles. The molecule has 0 radical (unpaired) electrons. The minimum Gasteiger partial charge on any atom is -0.492 e. The van der Waals surface area contributed by atoms with Gasteiger partial charge < -0.3 is 14.6 Å². The van der Waals surface area contributed by atoms with Gasteiger partial charge in [-0.05, 0) is 81.1 Å². The molecule has 0 aliphatic rings. The summed E-state index contributed by atoms with van der Waals surface area (Å²) in [4.78, 5) is 12.4. The third-order valence-electron chi connectivity index (χ3n) is 4.53. The first-order valence-electron chi connectivity index (χ1n) is 10.2. The molecule has 0 aliphatic carbocycles. The fourth-order valence-electron chi connectivity index (χ4n) is 2.97. The molecular formula is C23H23Br2ClN4O2S. The molecular weight excluding hydrogens is 592 g/mol.